The van der Waals surface area contributed by atoms with E-state index < -0.39 is 0 Å². The predicted molar refractivity (Wildman–Crippen MR) is 118 cm³/mol. The molecule has 0 aromatic rings. The van der Waals surface area contributed by atoms with Crippen molar-refractivity contribution in [3.63, 3.8) is 0 Å². The highest BCUT2D eigenvalue weighted by molar-refractivity contribution is 14.0. The van der Waals surface area contributed by atoms with Crippen molar-refractivity contribution in [2.75, 3.05) is 65.4 Å². The molecule has 2 rings (SSSR count). The second-order valence-corrected chi connectivity index (χ2v) is 7.14. The van der Waals surface area contributed by atoms with Gasteiger partial charge in [-0.2, -0.15) is 0 Å². The number of primary amides is 1. The second-order valence-electron chi connectivity index (χ2n) is 7.14. The van der Waals surface area contributed by atoms with Gasteiger partial charge in [-0.05, 0) is 32.2 Å². The van der Waals surface area contributed by atoms with Crippen molar-refractivity contribution in [2.45, 2.75) is 33.1 Å². The summed E-state index contributed by atoms with van der Waals surface area (Å²) in [4.78, 5) is 23.4. The fourth-order valence-electron chi connectivity index (χ4n) is 3.76. The summed E-state index contributed by atoms with van der Waals surface area (Å²) in [6, 6.07) is 0. The Morgan fingerprint density at radius 1 is 1.15 bits per heavy atom. The SMILES string of the molecule is CCNC(=NCCN1CCN(CC)CC1)N1CCCC(CC(N)=O)C1.I. The van der Waals surface area contributed by atoms with Gasteiger partial charge in [-0.25, -0.2) is 0 Å². The Morgan fingerprint density at radius 2 is 1.85 bits per heavy atom. The molecule has 0 radical (unpaired) electrons. The molecule has 0 aromatic heterocycles. The van der Waals surface area contributed by atoms with Gasteiger partial charge in [0.25, 0.3) is 0 Å². The van der Waals surface area contributed by atoms with Gasteiger partial charge in [0.15, 0.2) is 5.96 Å². The maximum Gasteiger partial charge on any atom is 0.217 e. The number of hydrogen-bond donors (Lipinski definition) is 2. The first-order valence-corrected chi connectivity index (χ1v) is 9.88. The molecule has 1 atom stereocenters. The average Bonchev–Trinajstić information content (AvgIpc) is 2.61. The second kappa shape index (κ2) is 12.7. The van der Waals surface area contributed by atoms with E-state index in [0.29, 0.717) is 12.3 Å². The summed E-state index contributed by atoms with van der Waals surface area (Å²) < 4.78 is 0. The molecule has 0 aromatic carbocycles. The number of amides is 1. The van der Waals surface area contributed by atoms with Crippen molar-refractivity contribution in [1.29, 1.82) is 0 Å². The lowest BCUT2D eigenvalue weighted by molar-refractivity contribution is -0.119. The molecule has 2 aliphatic heterocycles. The molecule has 26 heavy (non-hydrogen) atoms. The largest absolute Gasteiger partial charge is 0.370 e. The number of nitrogens with one attached hydrogen (secondary N) is 1. The number of rotatable bonds is 7. The average molecular weight is 480 g/mol. The number of likely N-dealkylation sites (tertiary alicyclic amines) is 1. The van der Waals surface area contributed by atoms with Crippen molar-refractivity contribution in [2.24, 2.45) is 16.6 Å². The summed E-state index contributed by atoms with van der Waals surface area (Å²) in [5, 5.41) is 3.41. The van der Waals surface area contributed by atoms with Crippen LogP contribution in [0.1, 0.15) is 33.1 Å². The summed E-state index contributed by atoms with van der Waals surface area (Å²) >= 11 is 0. The summed E-state index contributed by atoms with van der Waals surface area (Å²) in [7, 11) is 0. The first-order chi connectivity index (χ1) is 12.1. The molecule has 0 aliphatic carbocycles. The molecule has 2 saturated heterocycles. The van der Waals surface area contributed by atoms with Gasteiger partial charge < -0.3 is 20.9 Å². The van der Waals surface area contributed by atoms with E-state index in [0.717, 1.165) is 71.2 Å². The van der Waals surface area contributed by atoms with Gasteiger partial charge in [-0.15, -0.1) is 24.0 Å². The first-order valence-electron chi connectivity index (χ1n) is 9.88. The molecular weight excluding hydrogens is 443 g/mol. The van der Waals surface area contributed by atoms with Crippen LogP contribution < -0.4 is 11.1 Å². The number of guanidine groups is 1. The van der Waals surface area contributed by atoms with Crippen LogP contribution in [0.4, 0.5) is 0 Å². The van der Waals surface area contributed by atoms with Crippen molar-refractivity contribution in [1.82, 2.24) is 20.0 Å². The van der Waals surface area contributed by atoms with Crippen LogP contribution in [-0.2, 0) is 4.79 Å². The minimum absolute atomic E-state index is 0. The number of nitrogens with two attached hydrogens (primary N) is 1. The fourth-order valence-corrected chi connectivity index (χ4v) is 3.76. The number of piperazine rings is 1. The number of halogens is 1. The number of hydrogen-bond acceptors (Lipinski definition) is 4. The van der Waals surface area contributed by atoms with E-state index in [1.165, 1.54) is 13.1 Å². The van der Waals surface area contributed by atoms with Crippen LogP contribution in [-0.4, -0.2) is 92.0 Å². The number of carbonyl (C=O) groups is 1. The lowest BCUT2D eigenvalue weighted by Crippen LogP contribution is -2.48. The third-order valence-corrected chi connectivity index (χ3v) is 5.23. The van der Waals surface area contributed by atoms with Crippen molar-refractivity contribution in [3.05, 3.63) is 0 Å². The maximum atomic E-state index is 11.2. The normalized spacial score (nSPS) is 22.8. The van der Waals surface area contributed by atoms with Crippen molar-refractivity contribution < 1.29 is 4.79 Å². The Kier molecular flexibility index (Phi) is 11.5. The van der Waals surface area contributed by atoms with E-state index in [1.54, 1.807) is 0 Å². The molecule has 0 spiro atoms. The zero-order chi connectivity index (χ0) is 18.1. The Labute approximate surface area is 175 Å². The van der Waals surface area contributed by atoms with Gasteiger partial charge in [-0.1, -0.05) is 6.92 Å². The molecule has 3 N–H and O–H groups in total. The van der Waals surface area contributed by atoms with E-state index in [4.69, 9.17) is 10.7 Å². The Hall–Kier alpha value is -0.610. The molecule has 152 valence electrons. The number of aliphatic imine (C=N–C) groups is 1. The molecular formula is C18H37IN6O. The van der Waals surface area contributed by atoms with Gasteiger partial charge in [0.2, 0.25) is 5.91 Å². The molecule has 7 nitrogen and oxygen atoms in total. The molecule has 2 fully saturated rings. The van der Waals surface area contributed by atoms with Gasteiger partial charge >= 0.3 is 0 Å². The minimum Gasteiger partial charge on any atom is -0.370 e. The highest BCUT2D eigenvalue weighted by Crippen LogP contribution is 2.19. The van der Waals surface area contributed by atoms with Crippen molar-refractivity contribution in [3.8, 4) is 0 Å². The topological polar surface area (TPSA) is 77.2 Å². The molecule has 1 amide bonds. The zero-order valence-electron chi connectivity index (χ0n) is 16.5. The van der Waals surface area contributed by atoms with Crippen LogP contribution in [0, 0.1) is 5.92 Å². The Bertz CT molecular complexity index is 439. The highest BCUT2D eigenvalue weighted by atomic mass is 127. The standard InChI is InChI=1S/C18H36N6O.HI/c1-3-20-18(24-8-5-6-16(15-24)14-17(19)25)21-7-9-23-12-10-22(4-2)11-13-23;/h16H,3-15H2,1-2H3,(H2,19,25)(H,20,21);1H. The summed E-state index contributed by atoms with van der Waals surface area (Å²) in [6.07, 6.45) is 2.67. The predicted octanol–water partition coefficient (Wildman–Crippen LogP) is 0.795. The van der Waals surface area contributed by atoms with E-state index >= 15 is 0 Å². The molecule has 0 saturated carbocycles. The van der Waals surface area contributed by atoms with Crippen LogP contribution in [0.15, 0.2) is 4.99 Å². The molecule has 2 aliphatic rings. The Balaban J connectivity index is 0.00000338. The zero-order valence-corrected chi connectivity index (χ0v) is 18.8. The highest BCUT2D eigenvalue weighted by Gasteiger charge is 2.23. The lowest BCUT2D eigenvalue weighted by atomic mass is 9.95. The summed E-state index contributed by atoms with van der Waals surface area (Å²) in [5.74, 6) is 1.15. The number of likely N-dealkylation sites (N-methyl/N-ethyl adjacent to an activating group) is 1. The molecule has 8 heteroatoms. The van der Waals surface area contributed by atoms with Crippen LogP contribution in [0.5, 0.6) is 0 Å². The van der Waals surface area contributed by atoms with E-state index in [2.05, 4.69) is 33.9 Å². The monoisotopic (exact) mass is 480 g/mol. The summed E-state index contributed by atoms with van der Waals surface area (Å²) in [6.45, 7) is 14.7. The Morgan fingerprint density at radius 3 is 2.46 bits per heavy atom. The van der Waals surface area contributed by atoms with E-state index in [9.17, 15) is 4.79 Å². The number of carbonyl (C=O) groups excluding carboxylic acids is 1. The van der Waals surface area contributed by atoms with Gasteiger partial charge in [0, 0.05) is 58.8 Å². The van der Waals surface area contributed by atoms with Crippen LogP contribution >= 0.6 is 24.0 Å². The third kappa shape index (κ3) is 7.96. The van der Waals surface area contributed by atoms with Crippen LogP contribution in [0.2, 0.25) is 0 Å². The maximum absolute atomic E-state index is 11.2. The van der Waals surface area contributed by atoms with Crippen molar-refractivity contribution >= 4 is 35.8 Å². The van der Waals surface area contributed by atoms with Gasteiger partial charge in [0.1, 0.15) is 0 Å². The van der Waals surface area contributed by atoms with E-state index in [-0.39, 0.29) is 29.9 Å². The van der Waals surface area contributed by atoms with Gasteiger partial charge in [-0.3, -0.25) is 14.7 Å². The smallest absolute Gasteiger partial charge is 0.217 e. The van der Waals surface area contributed by atoms with Crippen LogP contribution in [0.25, 0.3) is 0 Å². The summed E-state index contributed by atoms with van der Waals surface area (Å²) in [5.41, 5.74) is 5.37. The van der Waals surface area contributed by atoms with Gasteiger partial charge in [0.05, 0.1) is 6.54 Å². The molecule has 2 heterocycles. The first kappa shape index (κ1) is 23.4. The van der Waals surface area contributed by atoms with E-state index in [1.807, 2.05) is 0 Å². The lowest BCUT2D eigenvalue weighted by Gasteiger charge is -2.35. The fraction of sp³-hybridized carbons (Fsp3) is 0.889. The quantitative estimate of drug-likeness (QED) is 0.320. The number of nitrogens with zero attached hydrogens (tertiary/aromatic N) is 4. The number of piperidine rings is 1. The molecule has 0 bridgehead atoms. The minimum atomic E-state index is -0.194. The third-order valence-electron chi connectivity index (χ3n) is 5.23. The molecule has 1 unspecified atom stereocenters. The van der Waals surface area contributed by atoms with Crippen LogP contribution in [0.3, 0.4) is 0 Å².